The van der Waals surface area contributed by atoms with Crippen molar-refractivity contribution in [1.82, 2.24) is 9.97 Å². The van der Waals surface area contributed by atoms with Gasteiger partial charge in [0, 0.05) is 24.0 Å². The third kappa shape index (κ3) is 2.97. The van der Waals surface area contributed by atoms with E-state index in [1.807, 2.05) is 30.3 Å². The molecule has 1 aromatic heterocycles. The summed E-state index contributed by atoms with van der Waals surface area (Å²) in [6.45, 7) is 4.89. The third-order valence-electron chi connectivity index (χ3n) is 2.79. The van der Waals surface area contributed by atoms with Gasteiger partial charge in [0.25, 0.3) is 0 Å². The Labute approximate surface area is 107 Å². The van der Waals surface area contributed by atoms with Crippen molar-refractivity contribution in [2.75, 3.05) is 11.1 Å². The van der Waals surface area contributed by atoms with Gasteiger partial charge in [0.1, 0.15) is 12.1 Å². The fourth-order valence-electron chi connectivity index (χ4n) is 1.67. The van der Waals surface area contributed by atoms with Crippen LogP contribution in [0.3, 0.4) is 0 Å². The molecule has 1 aromatic carbocycles. The second kappa shape index (κ2) is 5.49. The lowest BCUT2D eigenvalue weighted by Gasteiger charge is -2.10. The first-order valence-corrected chi connectivity index (χ1v) is 6.06. The highest BCUT2D eigenvalue weighted by molar-refractivity contribution is 5.48. The van der Waals surface area contributed by atoms with Crippen molar-refractivity contribution in [2.24, 2.45) is 0 Å². The van der Waals surface area contributed by atoms with Crippen LogP contribution in [0.2, 0.25) is 0 Å². The largest absolute Gasteiger partial charge is 0.398 e. The fraction of sp³-hybridized carbons (Fsp3) is 0.286. The highest BCUT2D eigenvalue weighted by atomic mass is 15.0. The summed E-state index contributed by atoms with van der Waals surface area (Å²) in [6, 6.07) is 9.79. The van der Waals surface area contributed by atoms with Crippen LogP contribution in [0.1, 0.15) is 31.0 Å². The number of nitrogens with two attached hydrogens (primary N) is 1. The summed E-state index contributed by atoms with van der Waals surface area (Å²) in [5, 5.41) is 3.27. The van der Waals surface area contributed by atoms with Crippen LogP contribution in [0.5, 0.6) is 0 Å². The summed E-state index contributed by atoms with van der Waals surface area (Å²) in [5.41, 5.74) is 8.79. The minimum atomic E-state index is 0.398. The maximum atomic E-state index is 5.89. The van der Waals surface area contributed by atoms with Gasteiger partial charge in [-0.25, -0.2) is 9.97 Å². The van der Waals surface area contributed by atoms with Gasteiger partial charge in [-0.3, -0.25) is 0 Å². The van der Waals surface area contributed by atoms with Crippen molar-refractivity contribution in [3.05, 3.63) is 47.9 Å². The van der Waals surface area contributed by atoms with E-state index in [2.05, 4.69) is 29.1 Å². The molecule has 0 saturated carbocycles. The Hall–Kier alpha value is -2.10. The highest BCUT2D eigenvalue weighted by Gasteiger charge is 2.03. The molecule has 1 heterocycles. The van der Waals surface area contributed by atoms with Gasteiger partial charge < -0.3 is 11.1 Å². The van der Waals surface area contributed by atoms with Crippen molar-refractivity contribution in [3.8, 4) is 0 Å². The number of hydrogen-bond donors (Lipinski definition) is 2. The number of para-hydroxylation sites is 1. The second-order valence-corrected chi connectivity index (χ2v) is 4.54. The van der Waals surface area contributed by atoms with Crippen molar-refractivity contribution < 1.29 is 0 Å². The van der Waals surface area contributed by atoms with Crippen molar-refractivity contribution in [3.63, 3.8) is 0 Å². The van der Waals surface area contributed by atoms with Gasteiger partial charge in [0.05, 0.1) is 0 Å². The van der Waals surface area contributed by atoms with Gasteiger partial charge in [0.2, 0.25) is 0 Å². The number of rotatable bonds is 4. The van der Waals surface area contributed by atoms with Gasteiger partial charge in [-0.2, -0.15) is 0 Å². The number of nitrogens with zero attached hydrogens (tertiary/aromatic N) is 2. The molecular formula is C14H18N4. The predicted molar refractivity (Wildman–Crippen MR) is 74.3 cm³/mol. The summed E-state index contributed by atoms with van der Waals surface area (Å²) < 4.78 is 0. The second-order valence-electron chi connectivity index (χ2n) is 4.54. The predicted octanol–water partition coefficient (Wildman–Crippen LogP) is 2.79. The third-order valence-corrected chi connectivity index (χ3v) is 2.79. The van der Waals surface area contributed by atoms with E-state index in [1.54, 1.807) is 6.33 Å². The van der Waals surface area contributed by atoms with Crippen molar-refractivity contribution in [1.29, 1.82) is 0 Å². The van der Waals surface area contributed by atoms with Crippen LogP contribution in [0, 0.1) is 0 Å². The molecular weight excluding hydrogens is 224 g/mol. The van der Waals surface area contributed by atoms with Crippen LogP contribution in [-0.2, 0) is 6.54 Å². The lowest BCUT2D eigenvalue weighted by Crippen LogP contribution is -2.05. The SMILES string of the molecule is CC(C)c1cc(NCc2ccccc2N)ncn1. The molecule has 0 radical (unpaired) electrons. The number of aromatic nitrogens is 2. The summed E-state index contributed by atoms with van der Waals surface area (Å²) in [5.74, 6) is 1.23. The van der Waals surface area contributed by atoms with Crippen LogP contribution in [0.25, 0.3) is 0 Å². The van der Waals surface area contributed by atoms with Crippen LogP contribution in [0.4, 0.5) is 11.5 Å². The first-order valence-electron chi connectivity index (χ1n) is 6.06. The molecule has 0 atom stereocenters. The normalized spacial score (nSPS) is 10.6. The zero-order chi connectivity index (χ0) is 13.0. The Morgan fingerprint density at radius 1 is 1.22 bits per heavy atom. The summed E-state index contributed by atoms with van der Waals surface area (Å²) in [7, 11) is 0. The summed E-state index contributed by atoms with van der Waals surface area (Å²) in [4.78, 5) is 8.44. The highest BCUT2D eigenvalue weighted by Crippen LogP contribution is 2.16. The maximum absolute atomic E-state index is 5.89. The lowest BCUT2D eigenvalue weighted by molar-refractivity contribution is 0.814. The number of nitrogens with one attached hydrogen (secondary N) is 1. The van der Waals surface area contributed by atoms with Gasteiger partial charge >= 0.3 is 0 Å². The van der Waals surface area contributed by atoms with Gasteiger partial charge in [-0.1, -0.05) is 32.0 Å². The first kappa shape index (κ1) is 12.4. The minimum absolute atomic E-state index is 0.398. The maximum Gasteiger partial charge on any atom is 0.129 e. The number of benzene rings is 1. The molecule has 0 aliphatic heterocycles. The van der Waals surface area contributed by atoms with E-state index in [0.29, 0.717) is 12.5 Å². The molecule has 0 amide bonds. The molecule has 2 rings (SSSR count). The van der Waals surface area contributed by atoms with Crippen molar-refractivity contribution >= 4 is 11.5 Å². The monoisotopic (exact) mass is 242 g/mol. The van der Waals surface area contributed by atoms with E-state index >= 15 is 0 Å². The Morgan fingerprint density at radius 2 is 2.00 bits per heavy atom. The first-order chi connectivity index (χ1) is 8.66. The Kier molecular flexibility index (Phi) is 3.77. The molecule has 0 saturated heterocycles. The number of nitrogen functional groups attached to an aromatic ring is 1. The molecule has 3 N–H and O–H groups in total. The van der Waals surface area contributed by atoms with Crippen LogP contribution in [0.15, 0.2) is 36.7 Å². The average molecular weight is 242 g/mol. The Balaban J connectivity index is 2.07. The van der Waals surface area contributed by atoms with E-state index in [4.69, 9.17) is 5.73 Å². The zero-order valence-electron chi connectivity index (χ0n) is 10.7. The average Bonchev–Trinajstić information content (AvgIpc) is 2.38. The van der Waals surface area contributed by atoms with Crippen LogP contribution in [-0.4, -0.2) is 9.97 Å². The van der Waals surface area contributed by atoms with E-state index in [-0.39, 0.29) is 0 Å². The summed E-state index contributed by atoms with van der Waals surface area (Å²) in [6.07, 6.45) is 1.59. The Bertz CT molecular complexity index is 523. The van der Waals surface area contributed by atoms with Gasteiger partial charge in [-0.15, -0.1) is 0 Å². The molecule has 0 aliphatic carbocycles. The number of anilines is 2. The van der Waals surface area contributed by atoms with Crippen LogP contribution >= 0.6 is 0 Å². The molecule has 4 heteroatoms. The minimum Gasteiger partial charge on any atom is -0.398 e. The molecule has 0 bridgehead atoms. The molecule has 4 nitrogen and oxygen atoms in total. The Morgan fingerprint density at radius 3 is 2.72 bits per heavy atom. The van der Waals surface area contributed by atoms with E-state index in [0.717, 1.165) is 22.8 Å². The lowest BCUT2D eigenvalue weighted by atomic mass is 10.1. The molecule has 94 valence electrons. The smallest absolute Gasteiger partial charge is 0.129 e. The molecule has 18 heavy (non-hydrogen) atoms. The van der Waals surface area contributed by atoms with Crippen molar-refractivity contribution in [2.45, 2.75) is 26.3 Å². The fourth-order valence-corrected chi connectivity index (χ4v) is 1.67. The van der Waals surface area contributed by atoms with Gasteiger partial charge in [-0.05, 0) is 17.5 Å². The zero-order valence-corrected chi connectivity index (χ0v) is 10.7. The molecule has 0 spiro atoms. The molecule has 0 unspecified atom stereocenters. The topological polar surface area (TPSA) is 63.8 Å². The molecule has 0 fully saturated rings. The number of hydrogen-bond acceptors (Lipinski definition) is 4. The summed E-state index contributed by atoms with van der Waals surface area (Å²) >= 11 is 0. The van der Waals surface area contributed by atoms with E-state index in [1.165, 1.54) is 0 Å². The molecule has 2 aromatic rings. The molecule has 0 aliphatic rings. The van der Waals surface area contributed by atoms with E-state index < -0.39 is 0 Å². The van der Waals surface area contributed by atoms with E-state index in [9.17, 15) is 0 Å². The standard InChI is InChI=1S/C14H18N4/c1-10(2)13-7-14(18-9-17-13)16-8-11-5-3-4-6-12(11)15/h3-7,9-10H,8,15H2,1-2H3,(H,16,17,18). The quantitative estimate of drug-likeness (QED) is 0.809. The van der Waals surface area contributed by atoms with Crippen LogP contribution < -0.4 is 11.1 Å². The van der Waals surface area contributed by atoms with Gasteiger partial charge in [0.15, 0.2) is 0 Å².